The van der Waals surface area contributed by atoms with Crippen molar-refractivity contribution in [3.05, 3.63) is 61.2 Å². The fourth-order valence-corrected chi connectivity index (χ4v) is 0.734. The summed E-state index contributed by atoms with van der Waals surface area (Å²) in [6.07, 6.45) is 2.62. The van der Waals surface area contributed by atoms with Crippen LogP contribution in [0.4, 0.5) is 0 Å². The molecule has 15 heavy (non-hydrogen) atoms. The van der Waals surface area contributed by atoms with Gasteiger partial charge in [0.05, 0.1) is 0 Å². The summed E-state index contributed by atoms with van der Waals surface area (Å²) >= 11 is 0. The van der Waals surface area contributed by atoms with Crippen LogP contribution in [0.15, 0.2) is 55.6 Å². The first-order valence-corrected chi connectivity index (χ1v) is 4.62. The summed E-state index contributed by atoms with van der Waals surface area (Å²) in [5.41, 5.74) is 1.32. The first kappa shape index (κ1) is 13.2. The number of carbonyl (C=O) groups excluding carboxylic acids is 1. The van der Waals surface area contributed by atoms with Gasteiger partial charge in [-0.3, -0.25) is 0 Å². The van der Waals surface area contributed by atoms with E-state index in [4.69, 9.17) is 0 Å². The van der Waals surface area contributed by atoms with Crippen molar-refractivity contribution in [3.63, 3.8) is 0 Å². The SMILES string of the molecule is C=CCOC(=O)C=C.Cc1ccccc1. The molecular weight excluding hydrogens is 188 g/mol. The second-order valence-corrected chi connectivity index (χ2v) is 2.78. The molecule has 0 radical (unpaired) electrons. The highest BCUT2D eigenvalue weighted by Gasteiger charge is 1.87. The molecule has 0 amide bonds. The van der Waals surface area contributed by atoms with Gasteiger partial charge in [0, 0.05) is 6.08 Å². The van der Waals surface area contributed by atoms with Crippen LogP contribution in [-0.4, -0.2) is 12.6 Å². The van der Waals surface area contributed by atoms with E-state index in [1.54, 1.807) is 0 Å². The second kappa shape index (κ2) is 8.75. The average Bonchev–Trinajstić information content (AvgIpc) is 2.28. The quantitative estimate of drug-likeness (QED) is 0.430. The second-order valence-electron chi connectivity index (χ2n) is 2.78. The normalized spacial score (nSPS) is 8.07. The number of hydrogen-bond donors (Lipinski definition) is 0. The van der Waals surface area contributed by atoms with E-state index < -0.39 is 5.97 Å². The summed E-state index contributed by atoms with van der Waals surface area (Å²) in [5, 5.41) is 0. The van der Waals surface area contributed by atoms with E-state index in [9.17, 15) is 4.79 Å². The molecule has 0 fully saturated rings. The summed E-state index contributed by atoms with van der Waals surface area (Å²) in [6.45, 7) is 8.90. The zero-order valence-corrected chi connectivity index (χ0v) is 8.98. The van der Waals surface area contributed by atoms with Gasteiger partial charge in [0.2, 0.25) is 0 Å². The summed E-state index contributed by atoms with van der Waals surface area (Å²) in [4.78, 5) is 10.2. The van der Waals surface area contributed by atoms with Crippen molar-refractivity contribution in [1.29, 1.82) is 0 Å². The Morgan fingerprint density at radius 1 is 1.33 bits per heavy atom. The van der Waals surface area contributed by atoms with E-state index in [2.05, 4.69) is 37.0 Å². The highest BCUT2D eigenvalue weighted by Crippen LogP contribution is 1.92. The zero-order chi connectivity index (χ0) is 11.5. The van der Waals surface area contributed by atoms with Gasteiger partial charge >= 0.3 is 5.97 Å². The molecule has 0 unspecified atom stereocenters. The van der Waals surface area contributed by atoms with Gasteiger partial charge in [-0.1, -0.05) is 55.1 Å². The monoisotopic (exact) mass is 204 g/mol. The van der Waals surface area contributed by atoms with Gasteiger partial charge in [0.25, 0.3) is 0 Å². The van der Waals surface area contributed by atoms with Crippen LogP contribution in [0.5, 0.6) is 0 Å². The largest absolute Gasteiger partial charge is 0.458 e. The van der Waals surface area contributed by atoms with Crippen LogP contribution in [0.2, 0.25) is 0 Å². The molecule has 1 aromatic rings. The fraction of sp³-hybridized carbons (Fsp3) is 0.154. The van der Waals surface area contributed by atoms with Crippen molar-refractivity contribution in [2.24, 2.45) is 0 Å². The minimum atomic E-state index is -0.412. The van der Waals surface area contributed by atoms with E-state index in [1.807, 2.05) is 18.2 Å². The lowest BCUT2D eigenvalue weighted by Crippen LogP contribution is -1.98. The maximum atomic E-state index is 10.2. The molecule has 1 rings (SSSR count). The Morgan fingerprint density at radius 2 is 1.93 bits per heavy atom. The molecule has 2 nitrogen and oxygen atoms in total. The van der Waals surface area contributed by atoms with Crippen LogP contribution in [0.3, 0.4) is 0 Å². The first-order chi connectivity index (χ1) is 7.20. The Hall–Kier alpha value is -1.83. The Kier molecular flexibility index (Phi) is 7.69. The summed E-state index contributed by atoms with van der Waals surface area (Å²) in [6, 6.07) is 10.3. The zero-order valence-electron chi connectivity index (χ0n) is 8.98. The van der Waals surface area contributed by atoms with E-state index in [0.717, 1.165) is 6.08 Å². The fourth-order valence-electron chi connectivity index (χ4n) is 0.734. The molecule has 0 N–H and O–H groups in total. The highest BCUT2D eigenvalue weighted by molar-refractivity contribution is 5.81. The number of ether oxygens (including phenoxy) is 1. The molecular formula is C13H16O2. The smallest absolute Gasteiger partial charge is 0.330 e. The summed E-state index contributed by atoms with van der Waals surface area (Å²) in [7, 11) is 0. The van der Waals surface area contributed by atoms with Gasteiger partial charge in [0.1, 0.15) is 6.61 Å². The van der Waals surface area contributed by atoms with E-state index in [0.29, 0.717) is 0 Å². The molecule has 0 aromatic heterocycles. The number of aryl methyl sites for hydroxylation is 1. The number of carbonyl (C=O) groups is 1. The van der Waals surface area contributed by atoms with Crippen LogP contribution in [0.25, 0.3) is 0 Å². The molecule has 0 atom stereocenters. The van der Waals surface area contributed by atoms with Crippen molar-refractivity contribution < 1.29 is 9.53 Å². The lowest BCUT2D eigenvalue weighted by Gasteiger charge is -1.92. The minimum absolute atomic E-state index is 0.255. The molecule has 0 aliphatic carbocycles. The van der Waals surface area contributed by atoms with Crippen molar-refractivity contribution in [3.8, 4) is 0 Å². The highest BCUT2D eigenvalue weighted by atomic mass is 16.5. The minimum Gasteiger partial charge on any atom is -0.458 e. The van der Waals surface area contributed by atoms with Gasteiger partial charge in [-0.15, -0.1) is 0 Å². The molecule has 0 aliphatic rings. The summed E-state index contributed by atoms with van der Waals surface area (Å²) in [5.74, 6) is -0.412. The maximum Gasteiger partial charge on any atom is 0.330 e. The third-order valence-corrected chi connectivity index (χ3v) is 1.45. The van der Waals surface area contributed by atoms with Gasteiger partial charge in [-0.25, -0.2) is 4.79 Å². The third kappa shape index (κ3) is 8.50. The number of hydrogen-bond acceptors (Lipinski definition) is 2. The number of rotatable bonds is 3. The Bertz CT molecular complexity index is 302. The lowest BCUT2D eigenvalue weighted by molar-refractivity contribution is -0.136. The molecule has 0 bridgehead atoms. The van der Waals surface area contributed by atoms with Gasteiger partial charge in [-0.2, -0.15) is 0 Å². The average molecular weight is 204 g/mol. The van der Waals surface area contributed by atoms with E-state index >= 15 is 0 Å². The predicted molar refractivity (Wildman–Crippen MR) is 62.5 cm³/mol. The molecule has 0 aliphatic heterocycles. The van der Waals surface area contributed by atoms with Gasteiger partial charge in [-0.05, 0) is 6.92 Å². The van der Waals surface area contributed by atoms with Crippen molar-refractivity contribution in [2.75, 3.05) is 6.61 Å². The van der Waals surface area contributed by atoms with Crippen LogP contribution in [-0.2, 0) is 9.53 Å². The molecule has 0 heterocycles. The Morgan fingerprint density at radius 3 is 2.27 bits per heavy atom. The topological polar surface area (TPSA) is 26.3 Å². The maximum absolute atomic E-state index is 10.2. The Labute approximate surface area is 90.9 Å². The molecule has 0 saturated carbocycles. The first-order valence-electron chi connectivity index (χ1n) is 4.62. The van der Waals surface area contributed by atoms with Crippen LogP contribution in [0, 0.1) is 6.92 Å². The molecule has 1 aromatic carbocycles. The van der Waals surface area contributed by atoms with Crippen molar-refractivity contribution >= 4 is 5.97 Å². The predicted octanol–water partition coefficient (Wildman–Crippen LogP) is 2.90. The molecule has 0 saturated heterocycles. The molecule has 0 spiro atoms. The van der Waals surface area contributed by atoms with Gasteiger partial charge < -0.3 is 4.74 Å². The number of benzene rings is 1. The van der Waals surface area contributed by atoms with Crippen LogP contribution in [0.1, 0.15) is 5.56 Å². The summed E-state index contributed by atoms with van der Waals surface area (Å²) < 4.78 is 4.47. The lowest BCUT2D eigenvalue weighted by atomic mass is 10.2. The van der Waals surface area contributed by atoms with Crippen LogP contribution < -0.4 is 0 Å². The Balaban J connectivity index is 0.000000262. The van der Waals surface area contributed by atoms with E-state index in [-0.39, 0.29) is 6.61 Å². The number of esters is 1. The van der Waals surface area contributed by atoms with Gasteiger partial charge in [0.15, 0.2) is 0 Å². The molecule has 2 heteroatoms. The van der Waals surface area contributed by atoms with Crippen molar-refractivity contribution in [2.45, 2.75) is 6.92 Å². The standard InChI is InChI=1S/C7H8.C6H8O2/c1-7-5-3-2-4-6-7;1-3-5-8-6(7)4-2/h2-6H,1H3;3-4H,1-2,5H2. The molecule has 80 valence electrons. The van der Waals surface area contributed by atoms with E-state index in [1.165, 1.54) is 11.6 Å². The third-order valence-electron chi connectivity index (χ3n) is 1.45. The van der Waals surface area contributed by atoms with Crippen LogP contribution >= 0.6 is 0 Å². The van der Waals surface area contributed by atoms with Crippen molar-refractivity contribution in [1.82, 2.24) is 0 Å².